The summed E-state index contributed by atoms with van der Waals surface area (Å²) in [5, 5.41) is 9.98. The van der Waals surface area contributed by atoms with Crippen LogP contribution in [0, 0.1) is 0 Å². The lowest BCUT2D eigenvalue weighted by Gasteiger charge is -2.18. The second-order valence-electron chi connectivity index (χ2n) is 6.24. The van der Waals surface area contributed by atoms with E-state index in [9.17, 15) is 14.7 Å². The van der Waals surface area contributed by atoms with E-state index in [0.29, 0.717) is 21.9 Å². The molecule has 0 saturated heterocycles. The summed E-state index contributed by atoms with van der Waals surface area (Å²) in [7, 11) is 0. The molecule has 2 heterocycles. The van der Waals surface area contributed by atoms with E-state index in [1.54, 1.807) is 24.3 Å². The highest BCUT2D eigenvalue weighted by atomic mass is 32.2. The summed E-state index contributed by atoms with van der Waals surface area (Å²) in [5.41, 5.74) is 1.32. The molecule has 0 spiro atoms. The Morgan fingerprint density at radius 2 is 2.00 bits per heavy atom. The largest absolute Gasteiger partial charge is 0.480 e. The van der Waals surface area contributed by atoms with E-state index in [1.807, 2.05) is 6.07 Å². The summed E-state index contributed by atoms with van der Waals surface area (Å²) in [4.78, 5) is 23.9. The van der Waals surface area contributed by atoms with Crippen molar-refractivity contribution in [2.75, 3.05) is 5.75 Å². The van der Waals surface area contributed by atoms with Crippen LogP contribution in [0.3, 0.4) is 0 Å². The maximum absolute atomic E-state index is 15.1. The van der Waals surface area contributed by atoms with Gasteiger partial charge >= 0.3 is 5.97 Å². The van der Waals surface area contributed by atoms with Crippen LogP contribution >= 0.6 is 11.8 Å². The van der Waals surface area contributed by atoms with Gasteiger partial charge in [0.1, 0.15) is 6.04 Å². The molecule has 1 unspecified atom stereocenters. The standard InChI is InChI=1S/C18H16FNO3S/c19-16(11-4-2-1-3-5-11)12-8-14(21)20-13(18(22)23)9-24-17(20)15(12)10-6-7-10/h1-5,8,10,13,16H,6-7,9H2,(H,22,23)/t13-,16?/m0/s1. The molecule has 1 fully saturated rings. The lowest BCUT2D eigenvalue weighted by molar-refractivity contribution is -0.140. The summed E-state index contributed by atoms with van der Waals surface area (Å²) in [5.74, 6) is -0.475. The predicted octanol–water partition coefficient (Wildman–Crippen LogP) is 3.52. The molecule has 124 valence electrons. The van der Waals surface area contributed by atoms with Crippen molar-refractivity contribution in [2.45, 2.75) is 36.0 Å². The number of aliphatic carboxylic acids is 1. The van der Waals surface area contributed by atoms with Crippen LogP contribution in [0.4, 0.5) is 4.39 Å². The van der Waals surface area contributed by atoms with Crippen molar-refractivity contribution >= 4 is 17.7 Å². The number of carboxylic acid groups (broad SMARTS) is 1. The van der Waals surface area contributed by atoms with Gasteiger partial charge in [0, 0.05) is 17.4 Å². The molecule has 1 aromatic carbocycles. The van der Waals surface area contributed by atoms with Crippen molar-refractivity contribution in [2.24, 2.45) is 0 Å². The summed E-state index contributed by atoms with van der Waals surface area (Å²) < 4.78 is 16.5. The third-order valence-corrected chi connectivity index (χ3v) is 5.77. The Hall–Kier alpha value is -2.08. The third kappa shape index (κ3) is 2.45. The van der Waals surface area contributed by atoms with Crippen LogP contribution in [0.2, 0.25) is 0 Å². The number of nitrogens with zero attached hydrogens (tertiary/aromatic N) is 1. The number of alkyl halides is 1. The van der Waals surface area contributed by atoms with Gasteiger partial charge < -0.3 is 5.11 Å². The molecule has 0 radical (unpaired) electrons. The van der Waals surface area contributed by atoms with E-state index in [0.717, 1.165) is 18.4 Å². The zero-order valence-electron chi connectivity index (χ0n) is 12.8. The molecular weight excluding hydrogens is 329 g/mol. The number of hydrogen-bond donors (Lipinski definition) is 1. The van der Waals surface area contributed by atoms with Gasteiger partial charge in [0.15, 0.2) is 6.17 Å². The predicted molar refractivity (Wildman–Crippen MR) is 89.5 cm³/mol. The van der Waals surface area contributed by atoms with E-state index >= 15 is 4.39 Å². The zero-order chi connectivity index (χ0) is 16.8. The molecule has 0 bridgehead atoms. The van der Waals surface area contributed by atoms with E-state index in [2.05, 4.69) is 0 Å². The van der Waals surface area contributed by atoms with Gasteiger partial charge in [0.2, 0.25) is 0 Å². The number of aromatic nitrogens is 1. The Labute approximate surface area is 142 Å². The van der Waals surface area contributed by atoms with E-state index < -0.39 is 23.7 Å². The molecule has 1 aliphatic heterocycles. The molecule has 1 N–H and O–H groups in total. The van der Waals surface area contributed by atoms with Gasteiger partial charge in [-0.05, 0) is 29.9 Å². The quantitative estimate of drug-likeness (QED) is 0.921. The molecule has 1 aliphatic carbocycles. The lowest BCUT2D eigenvalue weighted by Crippen LogP contribution is -2.29. The second kappa shape index (κ2) is 5.77. The monoisotopic (exact) mass is 345 g/mol. The molecule has 4 rings (SSSR count). The van der Waals surface area contributed by atoms with Crippen molar-refractivity contribution in [1.29, 1.82) is 0 Å². The summed E-state index contributed by atoms with van der Waals surface area (Å²) in [6, 6.07) is 9.22. The van der Waals surface area contributed by atoms with Gasteiger partial charge in [-0.2, -0.15) is 0 Å². The number of halogens is 1. The first kappa shape index (κ1) is 15.4. The van der Waals surface area contributed by atoms with Crippen LogP contribution in [0.25, 0.3) is 0 Å². The maximum Gasteiger partial charge on any atom is 0.327 e. The first-order valence-electron chi connectivity index (χ1n) is 7.92. The highest BCUT2D eigenvalue weighted by Gasteiger charge is 2.39. The van der Waals surface area contributed by atoms with Crippen molar-refractivity contribution < 1.29 is 14.3 Å². The number of carboxylic acids is 1. The Kier molecular flexibility index (Phi) is 3.72. The SMILES string of the molecule is O=C(O)[C@@H]1CSc2c(C3CC3)c(C(F)c3ccccc3)cc(=O)n21. The smallest absolute Gasteiger partial charge is 0.327 e. The topological polar surface area (TPSA) is 59.3 Å². The first-order valence-corrected chi connectivity index (χ1v) is 8.90. The number of rotatable bonds is 4. The minimum absolute atomic E-state index is 0.226. The number of fused-ring (bicyclic) bond motifs is 1. The fraction of sp³-hybridized carbons (Fsp3) is 0.333. The molecule has 2 atom stereocenters. The number of pyridine rings is 1. The average Bonchev–Trinajstić information content (AvgIpc) is 3.31. The van der Waals surface area contributed by atoms with Crippen molar-refractivity contribution in [3.63, 3.8) is 0 Å². The second-order valence-corrected chi connectivity index (χ2v) is 7.25. The molecular formula is C18H16FNO3S. The fourth-order valence-electron chi connectivity index (χ4n) is 3.28. The molecule has 1 saturated carbocycles. The number of carbonyl (C=O) groups is 1. The summed E-state index contributed by atoms with van der Waals surface area (Å²) >= 11 is 1.36. The molecule has 24 heavy (non-hydrogen) atoms. The Bertz CT molecular complexity index is 861. The Morgan fingerprint density at radius 1 is 1.29 bits per heavy atom. The lowest BCUT2D eigenvalue weighted by atomic mass is 9.96. The first-order chi connectivity index (χ1) is 11.6. The number of hydrogen-bond acceptors (Lipinski definition) is 3. The minimum Gasteiger partial charge on any atom is -0.480 e. The van der Waals surface area contributed by atoms with Gasteiger partial charge in [0.25, 0.3) is 5.56 Å². The highest BCUT2D eigenvalue weighted by molar-refractivity contribution is 7.99. The van der Waals surface area contributed by atoms with E-state index in [1.165, 1.54) is 22.4 Å². The van der Waals surface area contributed by atoms with E-state index in [4.69, 9.17) is 0 Å². The molecule has 6 heteroatoms. The number of benzene rings is 1. The molecule has 2 aliphatic rings. The average molecular weight is 345 g/mol. The molecule has 2 aromatic rings. The van der Waals surface area contributed by atoms with Crippen LogP contribution < -0.4 is 5.56 Å². The van der Waals surface area contributed by atoms with Crippen molar-refractivity contribution in [1.82, 2.24) is 4.57 Å². The van der Waals surface area contributed by atoms with Crippen LogP contribution in [0.15, 0.2) is 46.2 Å². The van der Waals surface area contributed by atoms with Crippen molar-refractivity contribution in [3.05, 3.63) is 63.4 Å². The molecule has 0 amide bonds. The van der Waals surface area contributed by atoms with Gasteiger partial charge in [0.05, 0.1) is 5.03 Å². The van der Waals surface area contributed by atoms with Gasteiger partial charge in [-0.25, -0.2) is 9.18 Å². The fourth-order valence-corrected chi connectivity index (χ4v) is 4.69. The minimum atomic E-state index is -1.37. The van der Waals surface area contributed by atoms with E-state index in [-0.39, 0.29) is 5.92 Å². The summed E-state index contributed by atoms with van der Waals surface area (Å²) in [6.45, 7) is 0. The normalized spacial score (nSPS) is 20.6. The molecule has 4 nitrogen and oxygen atoms in total. The van der Waals surface area contributed by atoms with Crippen LogP contribution in [0.1, 0.15) is 47.7 Å². The third-order valence-electron chi connectivity index (χ3n) is 4.60. The van der Waals surface area contributed by atoms with Crippen LogP contribution in [-0.2, 0) is 4.79 Å². The Balaban J connectivity index is 1.89. The van der Waals surface area contributed by atoms with Crippen LogP contribution in [-0.4, -0.2) is 21.4 Å². The number of thioether (sulfide) groups is 1. The maximum atomic E-state index is 15.1. The van der Waals surface area contributed by atoms with Gasteiger partial charge in [-0.1, -0.05) is 30.3 Å². The van der Waals surface area contributed by atoms with Gasteiger partial charge in [-0.15, -0.1) is 11.8 Å². The van der Waals surface area contributed by atoms with Crippen LogP contribution in [0.5, 0.6) is 0 Å². The highest BCUT2D eigenvalue weighted by Crippen LogP contribution is 2.50. The molecule has 1 aromatic heterocycles. The Morgan fingerprint density at radius 3 is 2.62 bits per heavy atom. The zero-order valence-corrected chi connectivity index (χ0v) is 13.6. The van der Waals surface area contributed by atoms with Crippen molar-refractivity contribution in [3.8, 4) is 0 Å². The summed E-state index contributed by atoms with van der Waals surface area (Å²) in [6.07, 6.45) is 0.542. The van der Waals surface area contributed by atoms with Gasteiger partial charge in [-0.3, -0.25) is 9.36 Å².